The number of nitrogens with zero attached hydrogens (tertiary/aromatic N) is 1. The Bertz CT molecular complexity index is 1200. The second-order valence-corrected chi connectivity index (χ2v) is 9.38. The number of hydrogen-bond donors (Lipinski definition) is 1. The molecule has 3 aromatic carbocycles. The Kier molecular flexibility index (Phi) is 6.99. The molecule has 0 radical (unpaired) electrons. The van der Waals surface area contributed by atoms with Crippen LogP contribution in [0.1, 0.15) is 47.3 Å². The minimum absolute atomic E-state index is 0.0134. The van der Waals surface area contributed by atoms with Gasteiger partial charge in [0.1, 0.15) is 0 Å². The number of benzene rings is 3. The van der Waals surface area contributed by atoms with Gasteiger partial charge in [-0.25, -0.2) is 0 Å². The highest BCUT2D eigenvalue weighted by atomic mass is 32.2. The van der Waals surface area contributed by atoms with Gasteiger partial charge in [-0.15, -0.1) is 0 Å². The fourth-order valence-electron chi connectivity index (χ4n) is 3.67. The SMILES string of the molecule is CC[C@@H](C)NC(=O)c1ccc(/C=C2/Sc3ccccc3N(Cc3ccccc3C)C2=O)cc1. The Morgan fingerprint density at radius 1 is 1.03 bits per heavy atom. The molecule has 1 aliphatic heterocycles. The first-order valence-corrected chi connectivity index (χ1v) is 12.0. The number of para-hydroxylation sites is 1. The predicted molar refractivity (Wildman–Crippen MR) is 136 cm³/mol. The van der Waals surface area contributed by atoms with E-state index in [-0.39, 0.29) is 17.9 Å². The van der Waals surface area contributed by atoms with Gasteiger partial charge in [0.15, 0.2) is 0 Å². The highest BCUT2D eigenvalue weighted by Gasteiger charge is 2.29. The molecule has 33 heavy (non-hydrogen) atoms. The van der Waals surface area contributed by atoms with Crippen LogP contribution in [-0.4, -0.2) is 17.9 Å². The van der Waals surface area contributed by atoms with Gasteiger partial charge in [0.25, 0.3) is 11.8 Å². The molecular weight excluding hydrogens is 428 g/mol. The molecule has 4 rings (SSSR count). The van der Waals surface area contributed by atoms with Crippen molar-refractivity contribution in [1.29, 1.82) is 0 Å². The summed E-state index contributed by atoms with van der Waals surface area (Å²) in [7, 11) is 0. The van der Waals surface area contributed by atoms with Crippen molar-refractivity contribution in [3.05, 3.63) is 100.0 Å². The lowest BCUT2D eigenvalue weighted by Crippen LogP contribution is -2.34. The molecule has 1 N–H and O–H groups in total. The zero-order chi connectivity index (χ0) is 23.4. The summed E-state index contributed by atoms with van der Waals surface area (Å²) in [5.74, 6) is -0.0921. The van der Waals surface area contributed by atoms with Gasteiger partial charge in [-0.3, -0.25) is 9.59 Å². The average molecular weight is 457 g/mol. The van der Waals surface area contributed by atoms with Gasteiger partial charge in [-0.1, -0.05) is 67.2 Å². The summed E-state index contributed by atoms with van der Waals surface area (Å²) in [4.78, 5) is 29.4. The maximum atomic E-state index is 13.5. The molecule has 168 valence electrons. The highest BCUT2D eigenvalue weighted by molar-refractivity contribution is 8.04. The largest absolute Gasteiger partial charge is 0.350 e. The molecule has 0 aromatic heterocycles. The minimum atomic E-state index is -0.0787. The molecule has 4 nitrogen and oxygen atoms in total. The molecule has 3 aromatic rings. The van der Waals surface area contributed by atoms with Crippen molar-refractivity contribution in [3.63, 3.8) is 0 Å². The van der Waals surface area contributed by atoms with Crippen molar-refractivity contribution < 1.29 is 9.59 Å². The van der Waals surface area contributed by atoms with E-state index in [1.807, 2.05) is 73.4 Å². The van der Waals surface area contributed by atoms with E-state index < -0.39 is 0 Å². The Hall–Kier alpha value is -3.31. The maximum absolute atomic E-state index is 13.5. The second kappa shape index (κ2) is 10.1. The van der Waals surface area contributed by atoms with Crippen molar-refractivity contribution in [3.8, 4) is 0 Å². The first-order chi connectivity index (χ1) is 16.0. The van der Waals surface area contributed by atoms with E-state index in [1.165, 1.54) is 11.8 Å². The lowest BCUT2D eigenvalue weighted by atomic mass is 10.1. The Balaban J connectivity index is 1.61. The van der Waals surface area contributed by atoms with E-state index in [1.54, 1.807) is 12.1 Å². The molecule has 0 saturated carbocycles. The van der Waals surface area contributed by atoms with Crippen molar-refractivity contribution >= 4 is 35.3 Å². The number of thioether (sulfide) groups is 1. The third-order valence-electron chi connectivity index (χ3n) is 5.88. The highest BCUT2D eigenvalue weighted by Crippen LogP contribution is 2.42. The molecule has 0 saturated heterocycles. The summed E-state index contributed by atoms with van der Waals surface area (Å²) < 4.78 is 0. The molecule has 1 heterocycles. The maximum Gasteiger partial charge on any atom is 0.265 e. The normalized spacial score (nSPS) is 15.3. The first-order valence-electron chi connectivity index (χ1n) is 11.2. The number of amides is 2. The molecule has 0 spiro atoms. The average Bonchev–Trinajstić information content (AvgIpc) is 2.83. The third-order valence-corrected chi connectivity index (χ3v) is 6.96. The molecular formula is C28H28N2O2S. The zero-order valence-electron chi connectivity index (χ0n) is 19.2. The van der Waals surface area contributed by atoms with Gasteiger partial charge < -0.3 is 10.2 Å². The Labute approximate surface area is 199 Å². The van der Waals surface area contributed by atoms with Crippen LogP contribution in [-0.2, 0) is 11.3 Å². The molecule has 0 unspecified atom stereocenters. The molecule has 1 aliphatic rings. The van der Waals surface area contributed by atoms with Crippen molar-refractivity contribution in [2.24, 2.45) is 0 Å². The number of carbonyl (C=O) groups excluding carboxylic acids is 2. The van der Waals surface area contributed by atoms with Gasteiger partial charge in [0, 0.05) is 16.5 Å². The summed E-state index contributed by atoms with van der Waals surface area (Å²) in [6, 6.07) is 23.7. The molecule has 5 heteroatoms. The van der Waals surface area contributed by atoms with E-state index in [2.05, 4.69) is 24.4 Å². The van der Waals surface area contributed by atoms with Gasteiger partial charge in [-0.2, -0.15) is 0 Å². The van der Waals surface area contributed by atoms with Crippen LogP contribution in [0.5, 0.6) is 0 Å². The number of nitrogens with one attached hydrogen (secondary N) is 1. The van der Waals surface area contributed by atoms with Crippen LogP contribution in [0.4, 0.5) is 5.69 Å². The quantitative estimate of drug-likeness (QED) is 0.449. The number of fused-ring (bicyclic) bond motifs is 1. The van der Waals surface area contributed by atoms with Gasteiger partial charge >= 0.3 is 0 Å². The van der Waals surface area contributed by atoms with Crippen LogP contribution < -0.4 is 10.2 Å². The van der Waals surface area contributed by atoms with E-state index in [4.69, 9.17) is 0 Å². The summed E-state index contributed by atoms with van der Waals surface area (Å²) in [5.41, 5.74) is 4.74. The number of carbonyl (C=O) groups is 2. The zero-order valence-corrected chi connectivity index (χ0v) is 20.0. The molecule has 2 amide bonds. The molecule has 0 fully saturated rings. The van der Waals surface area contributed by atoms with E-state index in [9.17, 15) is 9.59 Å². The predicted octanol–water partition coefficient (Wildman–Crippen LogP) is 6.20. The van der Waals surface area contributed by atoms with Crippen LogP contribution in [0, 0.1) is 6.92 Å². The summed E-state index contributed by atoms with van der Waals surface area (Å²) >= 11 is 1.49. The van der Waals surface area contributed by atoms with Crippen LogP contribution in [0.15, 0.2) is 82.6 Å². The van der Waals surface area contributed by atoms with Crippen LogP contribution in [0.3, 0.4) is 0 Å². The lowest BCUT2D eigenvalue weighted by molar-refractivity contribution is -0.114. The monoisotopic (exact) mass is 456 g/mol. The van der Waals surface area contributed by atoms with E-state index in [0.717, 1.165) is 33.7 Å². The van der Waals surface area contributed by atoms with Gasteiger partial charge in [0.2, 0.25) is 0 Å². The van der Waals surface area contributed by atoms with Gasteiger partial charge in [-0.05, 0) is 67.3 Å². The standard InChI is InChI=1S/C28H28N2O2S/c1-4-20(3)29-27(31)22-15-13-21(14-16-22)17-26-28(32)30(18-23-10-6-5-9-19(23)2)24-11-7-8-12-25(24)33-26/h5-17,20H,4,18H2,1-3H3,(H,29,31)/b26-17+/t20-/m1/s1. The first kappa shape index (κ1) is 22.9. The number of aryl methyl sites for hydroxylation is 1. The fraction of sp³-hybridized carbons (Fsp3) is 0.214. The molecule has 1 atom stereocenters. The summed E-state index contributed by atoms with van der Waals surface area (Å²) in [5, 5.41) is 2.98. The topological polar surface area (TPSA) is 49.4 Å². The third kappa shape index (κ3) is 5.20. The number of anilines is 1. The minimum Gasteiger partial charge on any atom is -0.350 e. The number of rotatable bonds is 6. The second-order valence-electron chi connectivity index (χ2n) is 8.30. The number of hydrogen-bond acceptors (Lipinski definition) is 3. The van der Waals surface area contributed by atoms with Crippen molar-refractivity contribution in [2.45, 2.75) is 44.7 Å². The van der Waals surface area contributed by atoms with Crippen LogP contribution >= 0.6 is 11.8 Å². The fourth-order valence-corrected chi connectivity index (χ4v) is 4.73. The van der Waals surface area contributed by atoms with Crippen LogP contribution in [0.2, 0.25) is 0 Å². The van der Waals surface area contributed by atoms with Gasteiger partial charge in [0.05, 0.1) is 17.1 Å². The Morgan fingerprint density at radius 2 is 1.73 bits per heavy atom. The molecule has 0 aliphatic carbocycles. The van der Waals surface area contributed by atoms with Crippen molar-refractivity contribution in [2.75, 3.05) is 4.90 Å². The smallest absolute Gasteiger partial charge is 0.265 e. The van der Waals surface area contributed by atoms with E-state index in [0.29, 0.717) is 17.0 Å². The summed E-state index contributed by atoms with van der Waals surface area (Å²) in [6.07, 6.45) is 2.79. The Morgan fingerprint density at radius 3 is 2.45 bits per heavy atom. The van der Waals surface area contributed by atoms with Crippen molar-refractivity contribution in [1.82, 2.24) is 5.32 Å². The molecule has 0 bridgehead atoms. The van der Waals surface area contributed by atoms with Crippen LogP contribution in [0.25, 0.3) is 6.08 Å². The lowest BCUT2D eigenvalue weighted by Gasteiger charge is -2.31. The summed E-state index contributed by atoms with van der Waals surface area (Å²) in [6.45, 7) is 6.62. The van der Waals surface area contributed by atoms with E-state index >= 15 is 0 Å².